The lowest BCUT2D eigenvalue weighted by Crippen LogP contribution is -2.45. The molecule has 2 aromatic rings. The number of hydrogen-bond donors (Lipinski definition) is 1. The molecule has 0 unspecified atom stereocenters. The van der Waals surface area contributed by atoms with Gasteiger partial charge in [0.05, 0.1) is 6.04 Å². The average molecular weight is 372 g/mol. The van der Waals surface area contributed by atoms with E-state index in [1.54, 1.807) is 12.1 Å². The van der Waals surface area contributed by atoms with E-state index in [-0.39, 0.29) is 17.9 Å². The van der Waals surface area contributed by atoms with Crippen LogP contribution in [0, 0.1) is 5.82 Å². The van der Waals surface area contributed by atoms with Gasteiger partial charge in [0.1, 0.15) is 5.82 Å². The molecule has 1 atom stereocenters. The first kappa shape index (κ1) is 17.9. The Morgan fingerprint density at radius 2 is 2.00 bits per heavy atom. The largest absolute Gasteiger partial charge is 0.339 e. The second kappa shape index (κ2) is 8.06. The molecule has 2 fully saturated rings. The van der Waals surface area contributed by atoms with E-state index in [1.807, 2.05) is 4.90 Å². The van der Waals surface area contributed by atoms with Gasteiger partial charge in [-0.2, -0.15) is 4.98 Å². The van der Waals surface area contributed by atoms with Crippen molar-refractivity contribution in [2.75, 3.05) is 13.1 Å². The number of carbonyl (C=O) groups is 1. The van der Waals surface area contributed by atoms with Gasteiger partial charge in [0.2, 0.25) is 5.89 Å². The van der Waals surface area contributed by atoms with E-state index in [4.69, 9.17) is 4.52 Å². The number of carbonyl (C=O) groups excluding carboxylic acids is 1. The van der Waals surface area contributed by atoms with Gasteiger partial charge in [0, 0.05) is 25.4 Å². The van der Waals surface area contributed by atoms with Crippen molar-refractivity contribution in [2.24, 2.45) is 0 Å². The standard InChI is InChI=1S/C20H25FN4O2/c21-16-9-7-14(8-10-16)17-6-1-2-13-25(17)20(26)22-12-11-18-23-19(27-24-18)15-4-3-5-15/h7-10,15,17H,1-6,11-13H2,(H,22,26)/t17-/m0/s1. The Bertz CT molecular complexity index is 773. The Balaban J connectivity index is 1.32. The summed E-state index contributed by atoms with van der Waals surface area (Å²) in [5, 5.41) is 6.98. The second-order valence-corrected chi connectivity index (χ2v) is 7.42. The molecule has 2 heterocycles. The maximum atomic E-state index is 13.2. The van der Waals surface area contributed by atoms with Crippen molar-refractivity contribution in [3.05, 3.63) is 47.4 Å². The summed E-state index contributed by atoms with van der Waals surface area (Å²) in [5.74, 6) is 1.54. The summed E-state index contributed by atoms with van der Waals surface area (Å²) in [6, 6.07) is 6.35. The van der Waals surface area contributed by atoms with Gasteiger partial charge in [-0.3, -0.25) is 0 Å². The first-order valence-electron chi connectivity index (χ1n) is 9.83. The third-order valence-electron chi connectivity index (χ3n) is 5.58. The molecule has 1 saturated heterocycles. The van der Waals surface area contributed by atoms with Crippen molar-refractivity contribution in [1.82, 2.24) is 20.4 Å². The molecule has 1 aromatic carbocycles. The van der Waals surface area contributed by atoms with Crippen LogP contribution in [0.15, 0.2) is 28.8 Å². The Hall–Kier alpha value is -2.44. The Kier molecular flexibility index (Phi) is 5.36. The van der Waals surface area contributed by atoms with Crippen LogP contribution in [-0.4, -0.2) is 34.2 Å². The number of amides is 2. The van der Waals surface area contributed by atoms with Crippen molar-refractivity contribution in [3.63, 3.8) is 0 Å². The summed E-state index contributed by atoms with van der Waals surface area (Å²) in [6.45, 7) is 1.18. The predicted octanol–water partition coefficient (Wildman–Crippen LogP) is 3.96. The van der Waals surface area contributed by atoms with Gasteiger partial charge >= 0.3 is 6.03 Å². The summed E-state index contributed by atoms with van der Waals surface area (Å²) in [6.07, 6.45) is 6.98. The quantitative estimate of drug-likeness (QED) is 0.862. The molecule has 0 spiro atoms. The van der Waals surface area contributed by atoms with Crippen molar-refractivity contribution >= 4 is 6.03 Å². The molecule has 1 N–H and O–H groups in total. The Labute approximate surface area is 158 Å². The SMILES string of the molecule is O=C(NCCc1noc(C2CCC2)n1)N1CCCC[C@H]1c1ccc(F)cc1. The predicted molar refractivity (Wildman–Crippen MR) is 97.7 cm³/mol. The summed E-state index contributed by atoms with van der Waals surface area (Å²) in [7, 11) is 0. The highest BCUT2D eigenvalue weighted by molar-refractivity contribution is 5.74. The zero-order valence-corrected chi connectivity index (χ0v) is 15.4. The van der Waals surface area contributed by atoms with Gasteiger partial charge in [-0.15, -0.1) is 0 Å². The first-order chi connectivity index (χ1) is 13.2. The highest BCUT2D eigenvalue weighted by Crippen LogP contribution is 2.35. The molecular formula is C20H25FN4O2. The lowest BCUT2D eigenvalue weighted by atomic mass is 9.85. The molecular weight excluding hydrogens is 347 g/mol. The minimum absolute atomic E-state index is 0.00487. The lowest BCUT2D eigenvalue weighted by molar-refractivity contribution is 0.151. The topological polar surface area (TPSA) is 71.3 Å². The van der Waals surface area contributed by atoms with E-state index in [0.29, 0.717) is 31.3 Å². The van der Waals surface area contributed by atoms with Crippen LogP contribution in [0.2, 0.25) is 0 Å². The van der Waals surface area contributed by atoms with E-state index in [9.17, 15) is 9.18 Å². The van der Waals surface area contributed by atoms with Crippen LogP contribution in [0.3, 0.4) is 0 Å². The molecule has 6 nitrogen and oxygen atoms in total. The van der Waals surface area contributed by atoms with Crippen LogP contribution in [0.25, 0.3) is 0 Å². The number of aromatic nitrogens is 2. The van der Waals surface area contributed by atoms with Crippen LogP contribution in [0.1, 0.15) is 67.8 Å². The zero-order valence-electron chi connectivity index (χ0n) is 15.4. The van der Waals surface area contributed by atoms with E-state index in [0.717, 1.165) is 43.6 Å². The first-order valence-corrected chi connectivity index (χ1v) is 9.83. The maximum Gasteiger partial charge on any atom is 0.317 e. The van der Waals surface area contributed by atoms with Crippen LogP contribution in [0.5, 0.6) is 0 Å². The van der Waals surface area contributed by atoms with E-state index >= 15 is 0 Å². The smallest absolute Gasteiger partial charge is 0.317 e. The fraction of sp³-hybridized carbons (Fsp3) is 0.550. The van der Waals surface area contributed by atoms with Gasteiger partial charge in [-0.25, -0.2) is 9.18 Å². The molecule has 0 radical (unpaired) electrons. The van der Waals surface area contributed by atoms with Crippen LogP contribution < -0.4 is 5.32 Å². The number of rotatable bonds is 5. The third-order valence-corrected chi connectivity index (χ3v) is 5.58. The minimum Gasteiger partial charge on any atom is -0.339 e. The lowest BCUT2D eigenvalue weighted by Gasteiger charge is -2.36. The number of likely N-dealkylation sites (tertiary alicyclic amines) is 1. The number of hydrogen-bond acceptors (Lipinski definition) is 4. The molecule has 4 rings (SSSR count). The molecule has 1 aliphatic carbocycles. The van der Waals surface area contributed by atoms with Crippen LogP contribution in [-0.2, 0) is 6.42 Å². The van der Waals surface area contributed by atoms with Crippen molar-refractivity contribution < 1.29 is 13.7 Å². The number of piperidine rings is 1. The van der Waals surface area contributed by atoms with Gasteiger partial charge in [0.25, 0.3) is 0 Å². The number of urea groups is 1. The van der Waals surface area contributed by atoms with Crippen LogP contribution in [0.4, 0.5) is 9.18 Å². The summed E-state index contributed by atoms with van der Waals surface area (Å²) < 4.78 is 18.5. The summed E-state index contributed by atoms with van der Waals surface area (Å²) in [5.41, 5.74) is 0.981. The summed E-state index contributed by atoms with van der Waals surface area (Å²) >= 11 is 0. The Morgan fingerprint density at radius 1 is 1.19 bits per heavy atom. The molecule has 27 heavy (non-hydrogen) atoms. The fourth-order valence-corrected chi connectivity index (χ4v) is 3.78. The number of halogens is 1. The van der Waals surface area contributed by atoms with Crippen molar-refractivity contribution in [2.45, 2.75) is 56.9 Å². The summed E-state index contributed by atoms with van der Waals surface area (Å²) in [4.78, 5) is 19.0. The van der Waals surface area contributed by atoms with Gasteiger partial charge < -0.3 is 14.7 Å². The fourth-order valence-electron chi connectivity index (χ4n) is 3.78. The number of benzene rings is 1. The monoisotopic (exact) mass is 372 g/mol. The molecule has 0 bridgehead atoms. The molecule has 2 amide bonds. The number of nitrogens with one attached hydrogen (secondary N) is 1. The molecule has 7 heteroatoms. The molecule has 1 aromatic heterocycles. The zero-order chi connectivity index (χ0) is 18.6. The second-order valence-electron chi connectivity index (χ2n) is 7.42. The van der Waals surface area contributed by atoms with Crippen molar-refractivity contribution in [1.29, 1.82) is 0 Å². The Morgan fingerprint density at radius 3 is 2.74 bits per heavy atom. The minimum atomic E-state index is -0.257. The molecule has 1 saturated carbocycles. The molecule has 144 valence electrons. The highest BCUT2D eigenvalue weighted by atomic mass is 19.1. The third kappa shape index (κ3) is 4.12. The van der Waals surface area contributed by atoms with Gasteiger partial charge in [0.15, 0.2) is 5.82 Å². The van der Waals surface area contributed by atoms with E-state index in [1.165, 1.54) is 18.6 Å². The van der Waals surface area contributed by atoms with Crippen LogP contribution >= 0.6 is 0 Å². The molecule has 2 aliphatic rings. The normalized spacial score (nSPS) is 20.3. The number of nitrogens with zero attached hydrogens (tertiary/aromatic N) is 3. The van der Waals surface area contributed by atoms with E-state index in [2.05, 4.69) is 15.5 Å². The van der Waals surface area contributed by atoms with Gasteiger partial charge in [-0.05, 0) is 49.8 Å². The average Bonchev–Trinajstić information content (AvgIpc) is 3.09. The highest BCUT2D eigenvalue weighted by Gasteiger charge is 2.28. The van der Waals surface area contributed by atoms with Crippen molar-refractivity contribution in [3.8, 4) is 0 Å². The molecule has 1 aliphatic heterocycles. The van der Waals surface area contributed by atoms with E-state index < -0.39 is 0 Å². The van der Waals surface area contributed by atoms with Gasteiger partial charge in [-0.1, -0.05) is 23.7 Å². The maximum absolute atomic E-state index is 13.2.